The van der Waals surface area contributed by atoms with Crippen molar-refractivity contribution in [2.45, 2.75) is 6.42 Å². The van der Waals surface area contributed by atoms with Gasteiger partial charge in [0.1, 0.15) is 11.6 Å². The van der Waals surface area contributed by atoms with Crippen LogP contribution in [0.15, 0.2) is 48.5 Å². The first-order valence-electron chi connectivity index (χ1n) is 6.85. The fraction of sp³-hybridized carbons (Fsp3) is 0.118. The molecule has 1 aromatic heterocycles. The minimum Gasteiger partial charge on any atom is -0.351 e. The summed E-state index contributed by atoms with van der Waals surface area (Å²) in [6, 6.07) is 12.8. The Labute approximate surface area is 130 Å². The standard InChI is InChI=1S/C17H13F2NOS/c18-13-5-2-1-4-11(13)8-9-20-17(21)16-10-12-14(19)6-3-7-15(12)22-16/h1-7,10H,8-9H2,(H,20,21). The number of carbonyl (C=O) groups excluding carboxylic acids is 1. The van der Waals surface area contributed by atoms with Crippen LogP contribution in [-0.4, -0.2) is 12.5 Å². The minimum atomic E-state index is -0.334. The van der Waals surface area contributed by atoms with Crippen molar-refractivity contribution in [1.82, 2.24) is 5.32 Å². The van der Waals surface area contributed by atoms with Gasteiger partial charge in [-0.2, -0.15) is 0 Å². The Morgan fingerprint density at radius 2 is 1.82 bits per heavy atom. The average molecular weight is 317 g/mol. The molecule has 0 spiro atoms. The number of fused-ring (bicyclic) bond motifs is 1. The Bertz CT molecular complexity index is 828. The number of halogens is 2. The Morgan fingerprint density at radius 3 is 2.59 bits per heavy atom. The first kappa shape index (κ1) is 14.7. The van der Waals surface area contributed by atoms with Crippen molar-refractivity contribution >= 4 is 27.3 Å². The maximum atomic E-state index is 13.6. The van der Waals surface area contributed by atoms with E-state index in [4.69, 9.17) is 0 Å². The van der Waals surface area contributed by atoms with Crippen LogP contribution in [0.5, 0.6) is 0 Å². The van der Waals surface area contributed by atoms with Gasteiger partial charge < -0.3 is 5.32 Å². The Morgan fingerprint density at radius 1 is 1.05 bits per heavy atom. The molecule has 0 saturated heterocycles. The smallest absolute Gasteiger partial charge is 0.261 e. The van der Waals surface area contributed by atoms with Gasteiger partial charge in [-0.1, -0.05) is 24.3 Å². The Hall–Kier alpha value is -2.27. The highest BCUT2D eigenvalue weighted by molar-refractivity contribution is 7.20. The molecule has 0 radical (unpaired) electrons. The highest BCUT2D eigenvalue weighted by Gasteiger charge is 2.12. The van der Waals surface area contributed by atoms with E-state index in [1.54, 1.807) is 36.4 Å². The number of hydrogen-bond donors (Lipinski definition) is 1. The van der Waals surface area contributed by atoms with Crippen molar-refractivity contribution in [3.63, 3.8) is 0 Å². The molecule has 1 N–H and O–H groups in total. The van der Waals surface area contributed by atoms with Crippen LogP contribution in [0.3, 0.4) is 0 Å². The number of thiophene rings is 1. The van der Waals surface area contributed by atoms with Crippen LogP contribution in [0.1, 0.15) is 15.2 Å². The maximum Gasteiger partial charge on any atom is 0.261 e. The lowest BCUT2D eigenvalue weighted by atomic mass is 10.1. The molecule has 112 valence electrons. The summed E-state index contributed by atoms with van der Waals surface area (Å²) >= 11 is 1.24. The van der Waals surface area contributed by atoms with Crippen molar-refractivity contribution in [2.75, 3.05) is 6.54 Å². The van der Waals surface area contributed by atoms with Gasteiger partial charge in [-0.25, -0.2) is 8.78 Å². The Kier molecular flexibility index (Phi) is 4.15. The molecule has 0 bridgehead atoms. The third-order valence-electron chi connectivity index (χ3n) is 3.37. The molecule has 3 aromatic rings. The number of nitrogens with one attached hydrogen (secondary N) is 1. The lowest BCUT2D eigenvalue weighted by Gasteiger charge is -2.04. The van der Waals surface area contributed by atoms with Crippen LogP contribution in [-0.2, 0) is 6.42 Å². The second-order valence-electron chi connectivity index (χ2n) is 4.86. The number of carbonyl (C=O) groups is 1. The van der Waals surface area contributed by atoms with Gasteiger partial charge in [0.05, 0.1) is 4.88 Å². The summed E-state index contributed by atoms with van der Waals surface area (Å²) in [5.74, 6) is -0.878. The van der Waals surface area contributed by atoms with Crippen LogP contribution in [0.2, 0.25) is 0 Å². The highest BCUT2D eigenvalue weighted by Crippen LogP contribution is 2.27. The molecule has 2 nitrogen and oxygen atoms in total. The molecule has 0 fully saturated rings. The first-order valence-corrected chi connectivity index (χ1v) is 7.66. The van der Waals surface area contributed by atoms with Gasteiger partial charge in [0.2, 0.25) is 0 Å². The number of benzene rings is 2. The van der Waals surface area contributed by atoms with Crippen LogP contribution in [0.25, 0.3) is 10.1 Å². The van der Waals surface area contributed by atoms with Gasteiger partial charge in [0, 0.05) is 16.6 Å². The third-order valence-corrected chi connectivity index (χ3v) is 4.47. The van der Waals surface area contributed by atoms with Crippen LogP contribution in [0, 0.1) is 11.6 Å². The average Bonchev–Trinajstić information content (AvgIpc) is 2.95. The first-order chi connectivity index (χ1) is 10.6. The number of hydrogen-bond acceptors (Lipinski definition) is 2. The van der Waals surface area contributed by atoms with Gasteiger partial charge >= 0.3 is 0 Å². The third kappa shape index (κ3) is 2.99. The van der Waals surface area contributed by atoms with E-state index in [9.17, 15) is 13.6 Å². The summed E-state index contributed by atoms with van der Waals surface area (Å²) in [6.07, 6.45) is 0.414. The predicted molar refractivity (Wildman–Crippen MR) is 84.2 cm³/mol. The molecular weight excluding hydrogens is 304 g/mol. The van der Waals surface area contributed by atoms with E-state index in [2.05, 4.69) is 5.32 Å². The predicted octanol–water partition coefficient (Wildman–Crippen LogP) is 4.15. The molecule has 22 heavy (non-hydrogen) atoms. The second-order valence-corrected chi connectivity index (χ2v) is 5.94. The summed E-state index contributed by atoms with van der Waals surface area (Å²) in [6.45, 7) is 0.330. The van der Waals surface area contributed by atoms with Crippen molar-refractivity contribution in [3.8, 4) is 0 Å². The van der Waals surface area contributed by atoms with Gasteiger partial charge in [-0.05, 0) is 36.2 Å². The largest absolute Gasteiger partial charge is 0.351 e. The van der Waals surface area contributed by atoms with E-state index in [-0.39, 0.29) is 17.5 Å². The monoisotopic (exact) mass is 317 g/mol. The minimum absolute atomic E-state index is 0.267. The molecule has 0 atom stereocenters. The van der Waals surface area contributed by atoms with Gasteiger partial charge in [-0.3, -0.25) is 4.79 Å². The lowest BCUT2D eigenvalue weighted by molar-refractivity contribution is 0.0958. The number of amides is 1. The van der Waals surface area contributed by atoms with Gasteiger partial charge in [0.15, 0.2) is 0 Å². The van der Waals surface area contributed by atoms with Crippen molar-refractivity contribution < 1.29 is 13.6 Å². The molecule has 0 aliphatic carbocycles. The number of rotatable bonds is 4. The summed E-state index contributed by atoms with van der Waals surface area (Å²) < 4.78 is 27.8. The van der Waals surface area contributed by atoms with Crippen molar-refractivity contribution in [3.05, 3.63) is 70.6 Å². The van der Waals surface area contributed by atoms with Crippen LogP contribution < -0.4 is 5.32 Å². The van der Waals surface area contributed by atoms with E-state index in [0.717, 1.165) is 4.70 Å². The molecule has 0 aliphatic rings. The molecule has 3 rings (SSSR count). The molecule has 2 aromatic carbocycles. The van der Waals surface area contributed by atoms with Gasteiger partial charge in [-0.15, -0.1) is 11.3 Å². The molecule has 0 saturated carbocycles. The lowest BCUT2D eigenvalue weighted by Crippen LogP contribution is -2.25. The molecule has 5 heteroatoms. The summed E-state index contributed by atoms with van der Waals surface area (Å²) in [5, 5.41) is 3.19. The van der Waals surface area contributed by atoms with Crippen LogP contribution in [0.4, 0.5) is 8.78 Å². The summed E-state index contributed by atoms with van der Waals surface area (Å²) in [5.41, 5.74) is 0.560. The zero-order chi connectivity index (χ0) is 15.5. The fourth-order valence-corrected chi connectivity index (χ4v) is 3.23. The second kappa shape index (κ2) is 6.23. The molecular formula is C17H13F2NOS. The van der Waals surface area contributed by atoms with Crippen molar-refractivity contribution in [1.29, 1.82) is 0 Å². The topological polar surface area (TPSA) is 29.1 Å². The van der Waals surface area contributed by atoms with Crippen LogP contribution >= 0.6 is 11.3 Å². The zero-order valence-electron chi connectivity index (χ0n) is 11.6. The molecule has 1 amide bonds. The molecule has 1 heterocycles. The van der Waals surface area contributed by atoms with Gasteiger partial charge in [0.25, 0.3) is 5.91 Å². The van der Waals surface area contributed by atoms with Crippen molar-refractivity contribution in [2.24, 2.45) is 0 Å². The molecule has 0 unspecified atom stereocenters. The zero-order valence-corrected chi connectivity index (χ0v) is 12.4. The fourth-order valence-electron chi connectivity index (χ4n) is 2.24. The molecule has 0 aliphatic heterocycles. The Balaban J connectivity index is 1.66. The van der Waals surface area contributed by atoms with E-state index in [1.165, 1.54) is 23.5 Å². The normalized spacial score (nSPS) is 10.8. The highest BCUT2D eigenvalue weighted by atomic mass is 32.1. The maximum absolute atomic E-state index is 13.6. The SMILES string of the molecule is O=C(NCCc1ccccc1F)c1cc2c(F)cccc2s1. The quantitative estimate of drug-likeness (QED) is 0.769. The van der Waals surface area contributed by atoms with E-state index < -0.39 is 0 Å². The summed E-state index contributed by atoms with van der Waals surface area (Å²) in [4.78, 5) is 12.5. The summed E-state index contributed by atoms with van der Waals surface area (Å²) in [7, 11) is 0. The van der Waals surface area contributed by atoms with E-state index >= 15 is 0 Å². The van der Waals surface area contributed by atoms with E-state index in [0.29, 0.717) is 28.8 Å². The van der Waals surface area contributed by atoms with E-state index in [1.807, 2.05) is 0 Å².